The van der Waals surface area contributed by atoms with Crippen LogP contribution in [0.2, 0.25) is 0 Å². The second-order valence-electron chi connectivity index (χ2n) is 19.5. The maximum absolute atomic E-state index is 14.4. The van der Waals surface area contributed by atoms with Gasteiger partial charge >= 0.3 is 5.97 Å². The lowest BCUT2D eigenvalue weighted by Crippen LogP contribution is -2.65. The summed E-state index contributed by atoms with van der Waals surface area (Å²) >= 11 is 0. The highest BCUT2D eigenvalue weighted by atomic mass is 16.6. The van der Waals surface area contributed by atoms with Gasteiger partial charge in [0.25, 0.3) is 11.7 Å². The first kappa shape index (κ1) is 51.6. The molecule has 0 radical (unpaired) electrons. The Hall–Kier alpha value is -3.37. The number of hydrogen-bond acceptors (Lipinski definition) is 13. The Labute approximate surface area is 379 Å². The van der Waals surface area contributed by atoms with Crippen LogP contribution in [0.25, 0.3) is 0 Å². The minimum atomic E-state index is -2.43. The molecule has 358 valence electrons. The van der Waals surface area contributed by atoms with Crippen LogP contribution in [0.3, 0.4) is 0 Å². The van der Waals surface area contributed by atoms with Gasteiger partial charge in [0, 0.05) is 64.4 Å². The van der Waals surface area contributed by atoms with E-state index in [1.54, 1.807) is 41.1 Å². The third kappa shape index (κ3) is 12.0. The highest BCUT2D eigenvalue weighted by Gasteiger charge is 2.57. The predicted molar refractivity (Wildman–Crippen MR) is 238 cm³/mol. The van der Waals surface area contributed by atoms with Gasteiger partial charge in [-0.25, -0.2) is 4.79 Å². The van der Waals surface area contributed by atoms with Gasteiger partial charge in [-0.1, -0.05) is 64.2 Å². The van der Waals surface area contributed by atoms with E-state index in [0.29, 0.717) is 69.8 Å². The topological polar surface area (TPSA) is 195 Å². The molecule has 3 saturated heterocycles. The standard InChI is InChI=1S/C50H75NO13/c1-28-14-11-10-12-15-29(2)40(60-7)26-35-19-17-33(6)50(59,64-35)47(56)48(57)51-21-13-16-36-37(24-34-18-20-38(52)42(25-34)61-8)41(63-49(58)43(36)51)27-39(53)30(3)23-32(5)45(55)46(62-9)44(54)31(4)22-28/h10-12,14-15,23,28,30-31,33-38,40-43,45-46,52,55,59H,13,16-22,24-27H2,1-9H3/b12-10+,14-11+,29-15?,32-23+/t28-,30?,31-,33-,34+,35+,36-,37?,38?,40+,41?,42-,43+,45-,46+,50-/m1/s1. The van der Waals surface area contributed by atoms with Gasteiger partial charge < -0.3 is 43.9 Å². The molecule has 5 aliphatic rings. The number of carbonyl (C=O) groups excluding carboxylic acids is 5. The number of amides is 1. The number of ether oxygens (including phenoxy) is 5. The van der Waals surface area contributed by atoms with Crippen molar-refractivity contribution in [3.05, 3.63) is 47.6 Å². The number of ketones is 3. The minimum absolute atomic E-state index is 0.0231. The first-order chi connectivity index (χ1) is 30.3. The van der Waals surface area contributed by atoms with Crippen LogP contribution in [0.1, 0.15) is 112 Å². The van der Waals surface area contributed by atoms with Crippen molar-refractivity contribution < 1.29 is 63.0 Å². The third-order valence-electron chi connectivity index (χ3n) is 14.9. The zero-order valence-corrected chi connectivity index (χ0v) is 39.5. The Kier molecular flexibility index (Phi) is 18.5. The molecule has 1 saturated carbocycles. The van der Waals surface area contributed by atoms with Crippen molar-refractivity contribution in [2.75, 3.05) is 27.9 Å². The maximum Gasteiger partial charge on any atom is 0.329 e. The smallest absolute Gasteiger partial charge is 0.329 e. The van der Waals surface area contributed by atoms with E-state index in [2.05, 4.69) is 0 Å². The van der Waals surface area contributed by atoms with Crippen LogP contribution in [-0.2, 0) is 47.7 Å². The van der Waals surface area contributed by atoms with Gasteiger partial charge in [0.1, 0.15) is 30.1 Å². The quantitative estimate of drug-likeness (QED) is 0.181. The molecular weight excluding hydrogens is 823 g/mol. The molecule has 5 rings (SSSR count). The largest absolute Gasteiger partial charge is 0.460 e. The number of fused-ring (bicyclic) bond motifs is 4. The number of piperidine rings is 1. The summed E-state index contributed by atoms with van der Waals surface area (Å²) in [5.41, 5.74) is 1.28. The molecule has 16 atom stereocenters. The third-order valence-corrected chi connectivity index (χ3v) is 14.9. The van der Waals surface area contributed by atoms with Crippen molar-refractivity contribution in [1.29, 1.82) is 0 Å². The van der Waals surface area contributed by atoms with Gasteiger partial charge in [-0.15, -0.1) is 0 Å². The summed E-state index contributed by atoms with van der Waals surface area (Å²) in [5, 5.41) is 34.1. The number of hydrogen-bond donors (Lipinski definition) is 3. The Balaban J connectivity index is 1.51. The molecule has 0 aromatic carbocycles. The molecule has 64 heavy (non-hydrogen) atoms. The molecule has 1 aliphatic carbocycles. The lowest BCUT2D eigenvalue weighted by atomic mass is 9.68. The fraction of sp³-hybridized carbons (Fsp3) is 0.740. The maximum atomic E-state index is 14.4. The fourth-order valence-corrected chi connectivity index (χ4v) is 10.9. The van der Waals surface area contributed by atoms with Crippen LogP contribution >= 0.6 is 0 Å². The van der Waals surface area contributed by atoms with E-state index < -0.39 is 95.7 Å². The number of nitrogens with zero attached hydrogens (tertiary/aromatic N) is 1. The molecule has 14 heteroatoms. The van der Waals surface area contributed by atoms with E-state index in [-0.39, 0.29) is 42.5 Å². The molecule has 4 aliphatic heterocycles. The van der Waals surface area contributed by atoms with Gasteiger partial charge in [-0.2, -0.15) is 0 Å². The Bertz CT molecular complexity index is 1790. The average Bonchev–Trinajstić information content (AvgIpc) is 3.27. The van der Waals surface area contributed by atoms with Gasteiger partial charge in [0.2, 0.25) is 5.79 Å². The highest BCUT2D eigenvalue weighted by Crippen LogP contribution is 2.45. The molecule has 4 unspecified atom stereocenters. The summed E-state index contributed by atoms with van der Waals surface area (Å²) < 4.78 is 29.4. The van der Waals surface area contributed by atoms with Gasteiger partial charge in [0.15, 0.2) is 5.78 Å². The van der Waals surface area contributed by atoms with Crippen LogP contribution in [0.5, 0.6) is 0 Å². The zero-order chi connectivity index (χ0) is 47.0. The van der Waals surface area contributed by atoms with Crippen LogP contribution < -0.4 is 0 Å². The summed E-state index contributed by atoms with van der Waals surface area (Å²) in [6.45, 7) is 10.9. The molecule has 4 heterocycles. The highest BCUT2D eigenvalue weighted by molar-refractivity contribution is 6.39. The molecule has 0 spiro atoms. The van der Waals surface area contributed by atoms with Gasteiger partial charge in [-0.3, -0.25) is 19.2 Å². The molecule has 4 bridgehead atoms. The summed E-state index contributed by atoms with van der Waals surface area (Å²) in [4.78, 5) is 72.0. The van der Waals surface area contributed by atoms with Crippen molar-refractivity contribution in [1.82, 2.24) is 4.90 Å². The lowest BCUT2D eigenvalue weighted by Gasteiger charge is -2.50. The first-order valence-corrected chi connectivity index (χ1v) is 23.5. The van der Waals surface area contributed by atoms with Gasteiger partial charge in [0.05, 0.1) is 24.4 Å². The number of carbonyl (C=O) groups is 5. The number of aliphatic hydroxyl groups excluding tert-OH is 2. The van der Waals surface area contributed by atoms with Crippen LogP contribution in [0.15, 0.2) is 47.6 Å². The van der Waals surface area contributed by atoms with E-state index in [4.69, 9.17) is 23.7 Å². The number of rotatable bonds is 5. The van der Waals surface area contributed by atoms with Crippen LogP contribution in [0, 0.1) is 41.4 Å². The summed E-state index contributed by atoms with van der Waals surface area (Å²) in [6.07, 6.45) is 10.8. The van der Waals surface area contributed by atoms with E-state index in [0.717, 1.165) is 5.57 Å². The summed E-state index contributed by atoms with van der Waals surface area (Å²) in [5.74, 6) is -8.43. The number of esters is 1. The Morgan fingerprint density at radius 2 is 1.58 bits per heavy atom. The summed E-state index contributed by atoms with van der Waals surface area (Å²) in [7, 11) is 4.52. The zero-order valence-electron chi connectivity index (χ0n) is 39.5. The van der Waals surface area contributed by atoms with Gasteiger partial charge in [-0.05, 0) is 101 Å². The molecule has 0 aromatic heterocycles. The van der Waals surface area contributed by atoms with Crippen molar-refractivity contribution in [2.24, 2.45) is 41.4 Å². The van der Waals surface area contributed by atoms with Crippen molar-refractivity contribution in [3.8, 4) is 0 Å². The fourth-order valence-electron chi connectivity index (χ4n) is 10.9. The summed E-state index contributed by atoms with van der Waals surface area (Å²) in [6, 6.07) is -1.12. The number of methoxy groups -OCH3 is 3. The van der Waals surface area contributed by atoms with E-state index in [9.17, 15) is 39.3 Å². The molecule has 0 aromatic rings. The average molecular weight is 898 g/mol. The molecule has 4 fully saturated rings. The van der Waals surface area contributed by atoms with E-state index in [1.807, 2.05) is 51.2 Å². The molecule has 14 nitrogen and oxygen atoms in total. The molecule has 1 amide bonds. The van der Waals surface area contributed by atoms with Crippen LogP contribution in [0.4, 0.5) is 0 Å². The van der Waals surface area contributed by atoms with Crippen molar-refractivity contribution in [2.45, 2.75) is 167 Å². The molecule has 3 N–H and O–H groups in total. The van der Waals surface area contributed by atoms with Crippen molar-refractivity contribution >= 4 is 29.2 Å². The Morgan fingerprint density at radius 3 is 2.27 bits per heavy atom. The number of aliphatic hydroxyl groups is 3. The second-order valence-corrected chi connectivity index (χ2v) is 19.5. The molecular formula is C50H75NO13. The van der Waals surface area contributed by atoms with E-state index in [1.165, 1.54) is 12.0 Å². The SMILES string of the molecule is CO[C@H]1C[C@@H]2CC[C@@H](C)[C@@](O)(O2)C(=O)C(=O)N2CCC[C@@H]3C(C[C@@H]4CCC(O)[C@H](OC)C4)C(CC(=O)C(C)/C=C(\C)[C@@H](O)[C@@H](OC)C(=O)[C@H](C)C[C@H](C)/C=C/C=C/C=C1C)OC(=O)[C@H]32. The van der Waals surface area contributed by atoms with E-state index >= 15 is 0 Å². The minimum Gasteiger partial charge on any atom is -0.460 e. The number of Topliss-reactive ketones (excluding diaryl/α,β-unsaturated/α-hetero) is 3. The monoisotopic (exact) mass is 898 g/mol. The Morgan fingerprint density at radius 1 is 0.844 bits per heavy atom. The van der Waals surface area contributed by atoms with Crippen molar-refractivity contribution in [3.63, 3.8) is 0 Å². The normalized spacial score (nSPS) is 42.3. The number of allylic oxidation sites excluding steroid dienone is 6. The predicted octanol–water partition coefficient (Wildman–Crippen LogP) is 5.40. The second kappa shape index (κ2) is 22.9. The first-order valence-electron chi connectivity index (χ1n) is 23.5. The van der Waals surface area contributed by atoms with Crippen LogP contribution in [-0.4, -0.2) is 132 Å². The lowest BCUT2D eigenvalue weighted by molar-refractivity contribution is -0.266.